The first kappa shape index (κ1) is 16.3. The molecule has 0 spiro atoms. The van der Waals surface area contributed by atoms with E-state index in [-0.39, 0.29) is 30.4 Å². The maximum atomic E-state index is 11.8. The van der Waals surface area contributed by atoms with Gasteiger partial charge in [-0.1, -0.05) is 18.2 Å². The second kappa shape index (κ2) is 7.29. The molecule has 1 aliphatic heterocycles. The Bertz CT molecular complexity index is 542. The molecular formula is C17H24N2O3. The van der Waals surface area contributed by atoms with E-state index in [0.29, 0.717) is 13.0 Å². The summed E-state index contributed by atoms with van der Waals surface area (Å²) in [5.41, 5.74) is 1.00. The van der Waals surface area contributed by atoms with E-state index in [0.717, 1.165) is 17.9 Å². The Labute approximate surface area is 131 Å². The largest absolute Gasteiger partial charge is 0.484 e. The van der Waals surface area contributed by atoms with Crippen LogP contribution >= 0.6 is 0 Å². The summed E-state index contributed by atoms with van der Waals surface area (Å²) in [6.45, 7) is 7.20. The predicted molar refractivity (Wildman–Crippen MR) is 84.6 cm³/mol. The summed E-state index contributed by atoms with van der Waals surface area (Å²) >= 11 is 0. The fourth-order valence-electron chi connectivity index (χ4n) is 2.62. The first-order valence-electron chi connectivity index (χ1n) is 7.72. The molecule has 0 bridgehead atoms. The van der Waals surface area contributed by atoms with E-state index >= 15 is 0 Å². The lowest BCUT2D eigenvalue weighted by Gasteiger charge is -2.21. The van der Waals surface area contributed by atoms with Crippen LogP contribution in [0.4, 0.5) is 0 Å². The molecule has 1 unspecified atom stereocenters. The number of hydrogen-bond donors (Lipinski definition) is 1. The monoisotopic (exact) mass is 304 g/mol. The first-order valence-corrected chi connectivity index (χ1v) is 7.72. The third-order valence-electron chi connectivity index (χ3n) is 3.90. The SMILES string of the molecule is Cc1ccccc1OCC(=O)NCC1CC(=O)N(C(C)C)C1. The topological polar surface area (TPSA) is 58.6 Å². The number of benzene rings is 1. The van der Waals surface area contributed by atoms with Crippen molar-refractivity contribution in [3.63, 3.8) is 0 Å². The van der Waals surface area contributed by atoms with E-state index < -0.39 is 0 Å². The van der Waals surface area contributed by atoms with E-state index in [4.69, 9.17) is 4.74 Å². The fourth-order valence-corrected chi connectivity index (χ4v) is 2.62. The maximum Gasteiger partial charge on any atom is 0.257 e. The van der Waals surface area contributed by atoms with E-state index in [1.54, 1.807) is 0 Å². The standard InChI is InChI=1S/C17H24N2O3/c1-12(2)19-10-14(8-17(19)21)9-18-16(20)11-22-15-7-5-4-6-13(15)3/h4-7,12,14H,8-11H2,1-3H3,(H,18,20). The molecule has 2 rings (SSSR count). The molecule has 1 aromatic carbocycles. The molecule has 22 heavy (non-hydrogen) atoms. The van der Waals surface area contributed by atoms with Gasteiger partial charge in [0.2, 0.25) is 5.91 Å². The van der Waals surface area contributed by atoms with Gasteiger partial charge in [0, 0.05) is 31.5 Å². The highest BCUT2D eigenvalue weighted by molar-refractivity contribution is 5.80. The van der Waals surface area contributed by atoms with Crippen molar-refractivity contribution < 1.29 is 14.3 Å². The van der Waals surface area contributed by atoms with Crippen LogP contribution in [0, 0.1) is 12.8 Å². The Hall–Kier alpha value is -2.04. The van der Waals surface area contributed by atoms with Gasteiger partial charge in [0.1, 0.15) is 5.75 Å². The van der Waals surface area contributed by atoms with Crippen LogP contribution in [0.1, 0.15) is 25.8 Å². The number of likely N-dealkylation sites (tertiary alicyclic amines) is 1. The zero-order valence-corrected chi connectivity index (χ0v) is 13.5. The molecule has 120 valence electrons. The molecule has 5 heteroatoms. The molecule has 1 heterocycles. The zero-order chi connectivity index (χ0) is 16.1. The van der Waals surface area contributed by atoms with E-state index in [1.165, 1.54) is 0 Å². The van der Waals surface area contributed by atoms with Gasteiger partial charge in [-0.2, -0.15) is 0 Å². The van der Waals surface area contributed by atoms with Gasteiger partial charge in [0.15, 0.2) is 6.61 Å². The molecule has 0 radical (unpaired) electrons. The van der Waals surface area contributed by atoms with Crippen LogP contribution in [-0.4, -0.2) is 42.5 Å². The molecule has 1 atom stereocenters. The van der Waals surface area contributed by atoms with E-state index in [9.17, 15) is 9.59 Å². The van der Waals surface area contributed by atoms with Crippen molar-refractivity contribution in [3.05, 3.63) is 29.8 Å². The second-order valence-electron chi connectivity index (χ2n) is 6.07. The molecule has 0 saturated carbocycles. The molecule has 1 fully saturated rings. The van der Waals surface area contributed by atoms with Crippen LogP contribution in [-0.2, 0) is 9.59 Å². The highest BCUT2D eigenvalue weighted by atomic mass is 16.5. The van der Waals surface area contributed by atoms with Crippen molar-refractivity contribution in [1.82, 2.24) is 10.2 Å². The van der Waals surface area contributed by atoms with Crippen molar-refractivity contribution in [2.24, 2.45) is 5.92 Å². The van der Waals surface area contributed by atoms with Gasteiger partial charge in [-0.3, -0.25) is 9.59 Å². The quantitative estimate of drug-likeness (QED) is 0.871. The number of carbonyl (C=O) groups excluding carboxylic acids is 2. The van der Waals surface area contributed by atoms with Crippen LogP contribution < -0.4 is 10.1 Å². The van der Waals surface area contributed by atoms with Crippen LogP contribution in [0.25, 0.3) is 0 Å². The Balaban J connectivity index is 1.73. The summed E-state index contributed by atoms with van der Waals surface area (Å²) < 4.78 is 5.50. The Morgan fingerprint density at radius 2 is 2.14 bits per heavy atom. The van der Waals surface area contributed by atoms with Crippen molar-refractivity contribution in [3.8, 4) is 5.75 Å². The number of aryl methyl sites for hydroxylation is 1. The smallest absolute Gasteiger partial charge is 0.257 e. The van der Waals surface area contributed by atoms with Crippen LogP contribution in [0.5, 0.6) is 5.75 Å². The van der Waals surface area contributed by atoms with Crippen molar-refractivity contribution in [2.75, 3.05) is 19.7 Å². The summed E-state index contributed by atoms with van der Waals surface area (Å²) in [6, 6.07) is 7.82. The van der Waals surface area contributed by atoms with Crippen LogP contribution in [0.2, 0.25) is 0 Å². The van der Waals surface area contributed by atoms with E-state index in [2.05, 4.69) is 5.32 Å². The first-order chi connectivity index (χ1) is 10.5. The third-order valence-corrected chi connectivity index (χ3v) is 3.90. The van der Waals surface area contributed by atoms with Crippen LogP contribution in [0.3, 0.4) is 0 Å². The minimum absolute atomic E-state index is 0.000581. The molecule has 1 saturated heterocycles. The lowest BCUT2D eigenvalue weighted by Crippen LogP contribution is -2.35. The minimum atomic E-state index is -0.154. The Kier molecular flexibility index (Phi) is 5.41. The van der Waals surface area contributed by atoms with Crippen molar-refractivity contribution in [2.45, 2.75) is 33.2 Å². The normalized spacial score (nSPS) is 17.9. The van der Waals surface area contributed by atoms with Gasteiger partial charge in [-0.15, -0.1) is 0 Å². The average molecular weight is 304 g/mol. The predicted octanol–water partition coefficient (Wildman–Crippen LogP) is 1.75. The average Bonchev–Trinajstić information content (AvgIpc) is 2.85. The molecule has 5 nitrogen and oxygen atoms in total. The van der Waals surface area contributed by atoms with Gasteiger partial charge in [-0.05, 0) is 32.4 Å². The summed E-state index contributed by atoms with van der Waals surface area (Å²) in [6.07, 6.45) is 0.511. The summed E-state index contributed by atoms with van der Waals surface area (Å²) in [5, 5.41) is 2.85. The molecule has 1 aliphatic rings. The number of nitrogens with one attached hydrogen (secondary N) is 1. The van der Waals surface area contributed by atoms with Crippen molar-refractivity contribution >= 4 is 11.8 Å². The van der Waals surface area contributed by atoms with Crippen molar-refractivity contribution in [1.29, 1.82) is 0 Å². The highest BCUT2D eigenvalue weighted by Crippen LogP contribution is 2.19. The van der Waals surface area contributed by atoms with Gasteiger partial charge < -0.3 is 15.0 Å². The van der Waals surface area contributed by atoms with Crippen LogP contribution in [0.15, 0.2) is 24.3 Å². The Morgan fingerprint density at radius 3 is 2.77 bits per heavy atom. The number of hydrogen-bond acceptors (Lipinski definition) is 3. The molecular weight excluding hydrogens is 280 g/mol. The molecule has 0 aromatic heterocycles. The van der Waals surface area contributed by atoms with Gasteiger partial charge in [0.25, 0.3) is 5.91 Å². The number of rotatable bonds is 6. The summed E-state index contributed by atoms with van der Waals surface area (Å²) in [4.78, 5) is 25.5. The number of para-hydroxylation sites is 1. The molecule has 2 amide bonds. The number of nitrogens with zero attached hydrogens (tertiary/aromatic N) is 1. The van der Waals surface area contributed by atoms with Gasteiger partial charge in [0.05, 0.1) is 0 Å². The zero-order valence-electron chi connectivity index (χ0n) is 13.5. The Morgan fingerprint density at radius 1 is 1.41 bits per heavy atom. The van der Waals surface area contributed by atoms with E-state index in [1.807, 2.05) is 49.9 Å². The third kappa shape index (κ3) is 4.23. The molecule has 1 aromatic rings. The lowest BCUT2D eigenvalue weighted by molar-refractivity contribution is -0.129. The fraction of sp³-hybridized carbons (Fsp3) is 0.529. The maximum absolute atomic E-state index is 11.8. The summed E-state index contributed by atoms with van der Waals surface area (Å²) in [7, 11) is 0. The minimum Gasteiger partial charge on any atom is -0.484 e. The molecule has 1 N–H and O–H groups in total. The van der Waals surface area contributed by atoms with Gasteiger partial charge in [-0.25, -0.2) is 0 Å². The molecule has 0 aliphatic carbocycles. The number of amides is 2. The summed E-state index contributed by atoms with van der Waals surface area (Å²) in [5.74, 6) is 0.932. The second-order valence-corrected chi connectivity index (χ2v) is 6.07. The lowest BCUT2D eigenvalue weighted by atomic mass is 10.1. The van der Waals surface area contributed by atoms with Gasteiger partial charge >= 0.3 is 0 Å². The highest BCUT2D eigenvalue weighted by Gasteiger charge is 2.31. The number of carbonyl (C=O) groups is 2. The number of ether oxygens (including phenoxy) is 1.